The Morgan fingerprint density at radius 2 is 1.92 bits per heavy atom. The number of benzene rings is 1. The first kappa shape index (κ1) is 17.1. The Bertz CT molecular complexity index is 889. The van der Waals surface area contributed by atoms with Crippen LogP contribution in [0.2, 0.25) is 0 Å². The van der Waals surface area contributed by atoms with Gasteiger partial charge in [0.05, 0.1) is 13.1 Å². The van der Waals surface area contributed by atoms with Crippen molar-refractivity contribution in [3.05, 3.63) is 86.5 Å². The lowest BCUT2D eigenvalue weighted by Crippen LogP contribution is -2.33. The van der Waals surface area contributed by atoms with E-state index in [0.717, 1.165) is 10.4 Å². The zero-order valence-corrected chi connectivity index (χ0v) is 14.8. The molecule has 3 aromatic rings. The highest BCUT2D eigenvalue weighted by molar-refractivity contribution is 7.09. The molecule has 0 aliphatic carbocycles. The Hall–Kier alpha value is -2.73. The minimum atomic E-state index is -0.221. The van der Waals surface area contributed by atoms with E-state index in [1.54, 1.807) is 16.2 Å². The molecule has 128 valence electrons. The standard InChI is InChI=1S/C19H19N3O2S/c1-2-21(14-16-9-6-12-25-16)19(24)17-10-11-18(23)22(20-17)13-15-7-4-3-5-8-15/h3-12H,2,13-14H2,1H3. The van der Waals surface area contributed by atoms with E-state index < -0.39 is 0 Å². The van der Waals surface area contributed by atoms with E-state index in [9.17, 15) is 9.59 Å². The Kier molecular flexibility index (Phi) is 5.40. The number of carbonyl (C=O) groups excluding carboxylic acids is 1. The van der Waals surface area contributed by atoms with E-state index >= 15 is 0 Å². The number of thiophene rings is 1. The van der Waals surface area contributed by atoms with Crippen LogP contribution in [0.1, 0.15) is 27.9 Å². The predicted octanol–water partition coefficient (Wildman–Crippen LogP) is 3.02. The molecule has 0 spiro atoms. The number of hydrogen-bond donors (Lipinski definition) is 0. The normalized spacial score (nSPS) is 10.6. The molecule has 0 fully saturated rings. The lowest BCUT2D eigenvalue weighted by Gasteiger charge is -2.20. The Labute approximate surface area is 150 Å². The smallest absolute Gasteiger partial charge is 0.274 e. The van der Waals surface area contributed by atoms with Gasteiger partial charge in [-0.25, -0.2) is 4.68 Å². The van der Waals surface area contributed by atoms with Crippen LogP contribution in [-0.2, 0) is 13.1 Å². The van der Waals surface area contributed by atoms with E-state index in [2.05, 4.69) is 5.10 Å². The molecule has 6 heteroatoms. The van der Waals surface area contributed by atoms with Crippen molar-refractivity contribution in [1.29, 1.82) is 0 Å². The average molecular weight is 353 g/mol. The van der Waals surface area contributed by atoms with Gasteiger partial charge >= 0.3 is 0 Å². The minimum absolute atomic E-state index is 0.169. The maximum atomic E-state index is 12.8. The molecule has 25 heavy (non-hydrogen) atoms. The first-order chi connectivity index (χ1) is 12.2. The van der Waals surface area contributed by atoms with Crippen LogP contribution in [0.5, 0.6) is 0 Å². The van der Waals surface area contributed by atoms with Crippen molar-refractivity contribution in [1.82, 2.24) is 14.7 Å². The highest BCUT2D eigenvalue weighted by atomic mass is 32.1. The fraction of sp³-hybridized carbons (Fsp3) is 0.211. The molecule has 2 heterocycles. The topological polar surface area (TPSA) is 55.2 Å². The molecule has 0 atom stereocenters. The summed E-state index contributed by atoms with van der Waals surface area (Å²) in [6.07, 6.45) is 0. The molecule has 2 aromatic heterocycles. The molecule has 3 rings (SSSR count). The molecular formula is C19H19N3O2S. The molecule has 1 aromatic carbocycles. The van der Waals surface area contributed by atoms with Gasteiger partial charge in [0.15, 0.2) is 0 Å². The summed E-state index contributed by atoms with van der Waals surface area (Å²) in [7, 11) is 0. The molecule has 1 amide bonds. The largest absolute Gasteiger partial charge is 0.332 e. The number of amides is 1. The van der Waals surface area contributed by atoms with Gasteiger partial charge in [-0.05, 0) is 30.0 Å². The second-order valence-corrected chi connectivity index (χ2v) is 6.63. The van der Waals surface area contributed by atoms with Crippen molar-refractivity contribution in [3.63, 3.8) is 0 Å². The molecule has 0 bridgehead atoms. The quantitative estimate of drug-likeness (QED) is 0.684. The first-order valence-corrected chi connectivity index (χ1v) is 8.99. The zero-order valence-electron chi connectivity index (χ0n) is 14.0. The second-order valence-electron chi connectivity index (χ2n) is 5.60. The Balaban J connectivity index is 1.82. The van der Waals surface area contributed by atoms with Gasteiger partial charge in [-0.3, -0.25) is 9.59 Å². The first-order valence-electron chi connectivity index (χ1n) is 8.11. The number of hydrogen-bond acceptors (Lipinski definition) is 4. The van der Waals surface area contributed by atoms with Crippen molar-refractivity contribution in [2.24, 2.45) is 0 Å². The molecule has 0 radical (unpaired) electrons. The van der Waals surface area contributed by atoms with Crippen LogP contribution in [0, 0.1) is 0 Å². The highest BCUT2D eigenvalue weighted by Crippen LogP contribution is 2.13. The summed E-state index contributed by atoms with van der Waals surface area (Å²) >= 11 is 1.62. The van der Waals surface area contributed by atoms with Crippen molar-refractivity contribution in [2.75, 3.05) is 6.54 Å². The zero-order chi connectivity index (χ0) is 17.6. The van der Waals surface area contributed by atoms with Crippen molar-refractivity contribution < 1.29 is 4.79 Å². The summed E-state index contributed by atoms with van der Waals surface area (Å²) in [6, 6.07) is 16.5. The lowest BCUT2D eigenvalue weighted by atomic mass is 10.2. The summed E-state index contributed by atoms with van der Waals surface area (Å²) in [5.41, 5.74) is 1.03. The number of nitrogens with zero attached hydrogens (tertiary/aromatic N) is 3. The van der Waals surface area contributed by atoms with E-state index in [1.807, 2.05) is 54.8 Å². The van der Waals surface area contributed by atoms with Gasteiger partial charge in [-0.2, -0.15) is 5.10 Å². The number of rotatable bonds is 6. The van der Waals surface area contributed by atoms with Crippen LogP contribution >= 0.6 is 11.3 Å². The van der Waals surface area contributed by atoms with E-state index in [1.165, 1.54) is 16.8 Å². The third kappa shape index (κ3) is 4.22. The van der Waals surface area contributed by atoms with Crippen LogP contribution in [-0.4, -0.2) is 27.1 Å². The molecule has 0 saturated carbocycles. The van der Waals surface area contributed by atoms with Gasteiger partial charge in [-0.15, -0.1) is 11.3 Å². The third-order valence-corrected chi connectivity index (χ3v) is 4.72. The fourth-order valence-electron chi connectivity index (χ4n) is 2.51. The molecule has 0 aliphatic rings. The summed E-state index contributed by atoms with van der Waals surface area (Å²) in [6.45, 7) is 3.41. The van der Waals surface area contributed by atoms with Gasteiger partial charge in [-0.1, -0.05) is 36.4 Å². The van der Waals surface area contributed by atoms with Gasteiger partial charge in [0.2, 0.25) is 0 Å². The molecule has 5 nitrogen and oxygen atoms in total. The summed E-state index contributed by atoms with van der Waals surface area (Å²) in [5, 5.41) is 6.27. The monoisotopic (exact) mass is 353 g/mol. The predicted molar refractivity (Wildman–Crippen MR) is 98.8 cm³/mol. The van der Waals surface area contributed by atoms with Gasteiger partial charge in [0.1, 0.15) is 5.69 Å². The summed E-state index contributed by atoms with van der Waals surface area (Å²) < 4.78 is 1.33. The van der Waals surface area contributed by atoms with Gasteiger partial charge in [0, 0.05) is 17.5 Å². The van der Waals surface area contributed by atoms with Crippen molar-refractivity contribution >= 4 is 17.2 Å². The number of aromatic nitrogens is 2. The van der Waals surface area contributed by atoms with Crippen LogP contribution in [0.3, 0.4) is 0 Å². The van der Waals surface area contributed by atoms with Gasteiger partial charge < -0.3 is 4.90 Å². The summed E-state index contributed by atoms with van der Waals surface area (Å²) in [4.78, 5) is 27.7. The van der Waals surface area contributed by atoms with Gasteiger partial charge in [0.25, 0.3) is 11.5 Å². The fourth-order valence-corrected chi connectivity index (χ4v) is 3.23. The molecule has 0 saturated heterocycles. The van der Waals surface area contributed by atoms with E-state index in [0.29, 0.717) is 19.6 Å². The Morgan fingerprint density at radius 1 is 1.12 bits per heavy atom. The molecule has 0 aliphatic heterocycles. The highest BCUT2D eigenvalue weighted by Gasteiger charge is 2.17. The Morgan fingerprint density at radius 3 is 2.60 bits per heavy atom. The maximum absolute atomic E-state index is 12.8. The third-order valence-electron chi connectivity index (χ3n) is 3.86. The van der Waals surface area contributed by atoms with Crippen LogP contribution in [0.4, 0.5) is 0 Å². The minimum Gasteiger partial charge on any atom is -0.332 e. The average Bonchev–Trinajstić information content (AvgIpc) is 3.15. The number of carbonyl (C=O) groups is 1. The van der Waals surface area contributed by atoms with E-state index in [4.69, 9.17) is 0 Å². The summed E-state index contributed by atoms with van der Waals surface area (Å²) in [5.74, 6) is -0.169. The van der Waals surface area contributed by atoms with Crippen LogP contribution < -0.4 is 5.56 Å². The molecular weight excluding hydrogens is 334 g/mol. The molecule has 0 unspecified atom stereocenters. The maximum Gasteiger partial charge on any atom is 0.274 e. The van der Waals surface area contributed by atoms with Crippen LogP contribution in [0.25, 0.3) is 0 Å². The van der Waals surface area contributed by atoms with Crippen LogP contribution in [0.15, 0.2) is 64.8 Å². The lowest BCUT2D eigenvalue weighted by molar-refractivity contribution is 0.0745. The SMILES string of the molecule is CCN(Cc1cccs1)C(=O)c1ccc(=O)n(Cc2ccccc2)n1. The molecule has 0 N–H and O–H groups in total. The second kappa shape index (κ2) is 7.90. The van der Waals surface area contributed by atoms with E-state index in [-0.39, 0.29) is 17.2 Å². The van der Waals surface area contributed by atoms with Crippen molar-refractivity contribution in [3.8, 4) is 0 Å². The van der Waals surface area contributed by atoms with Crippen molar-refractivity contribution in [2.45, 2.75) is 20.0 Å².